The molecule has 2 saturated heterocycles. The Bertz CT molecular complexity index is 716. The summed E-state index contributed by atoms with van der Waals surface area (Å²) in [5.74, 6) is 1.07. The minimum absolute atomic E-state index is 0.0426. The Labute approximate surface area is 162 Å². The zero-order valence-electron chi connectivity index (χ0n) is 16.6. The van der Waals surface area contributed by atoms with E-state index in [4.69, 9.17) is 9.47 Å². The van der Waals surface area contributed by atoms with Gasteiger partial charge in [0.25, 0.3) is 0 Å². The van der Waals surface area contributed by atoms with Crippen molar-refractivity contribution in [1.82, 2.24) is 0 Å². The lowest BCUT2D eigenvalue weighted by Gasteiger charge is -2.51. The number of ether oxygens (including phenoxy) is 2. The molecule has 1 spiro atoms. The second kappa shape index (κ2) is 6.31. The highest BCUT2D eigenvalue weighted by Crippen LogP contribution is 2.62. The van der Waals surface area contributed by atoms with Crippen molar-refractivity contribution in [3.05, 3.63) is 35.9 Å². The van der Waals surface area contributed by atoms with Crippen LogP contribution in [-0.4, -0.2) is 37.9 Å². The fourth-order valence-corrected chi connectivity index (χ4v) is 6.58. The largest absolute Gasteiger partial charge is 0.462 e. The topological polar surface area (TPSA) is 43.3 Å². The molecule has 0 bridgehead atoms. The number of fused-ring (bicyclic) bond motifs is 3. The normalized spacial score (nSPS) is 43.7. The summed E-state index contributed by atoms with van der Waals surface area (Å²) < 4.78 is 12.0. The molecule has 5 rings (SSSR count). The van der Waals surface area contributed by atoms with Crippen molar-refractivity contribution >= 4 is 5.97 Å². The van der Waals surface area contributed by atoms with Gasteiger partial charge in [0, 0.05) is 11.5 Å². The SMILES string of the molecule is C[NH+](Cc1ccccc1)C[C@H]1C(=O)O[C@@H]2C[C@@]3(C)CCC[C@]4(CO4)[C@@H]3C[C@@H]21. The maximum Gasteiger partial charge on any atom is 0.315 e. The molecule has 0 amide bonds. The standard InChI is InChI=1S/C23H31NO3/c1-22-9-6-10-23(15-26-23)20(22)11-17-18(21(25)27-19(17)12-22)14-24(2)13-16-7-4-3-5-8-16/h3-5,7-8,17-20H,6,9-15H2,1-2H3/p+1/t17-,18-,19-,20-,22-,23+/m1/s1. The molecule has 4 nitrogen and oxygen atoms in total. The molecule has 7 atom stereocenters. The van der Waals surface area contributed by atoms with Crippen LogP contribution in [0.5, 0.6) is 0 Å². The van der Waals surface area contributed by atoms with Gasteiger partial charge in [-0.05, 0) is 43.4 Å². The lowest BCUT2D eigenvalue weighted by Crippen LogP contribution is -3.08. The number of hydrogen-bond donors (Lipinski definition) is 1. The van der Waals surface area contributed by atoms with Gasteiger partial charge in [-0.1, -0.05) is 37.3 Å². The third-order valence-electron chi connectivity index (χ3n) is 8.00. The van der Waals surface area contributed by atoms with E-state index in [0.717, 1.165) is 32.5 Å². The summed E-state index contributed by atoms with van der Waals surface area (Å²) in [5, 5.41) is 0. The molecule has 1 aromatic carbocycles. The average molecular weight is 371 g/mol. The van der Waals surface area contributed by atoms with Crippen molar-refractivity contribution in [2.75, 3.05) is 20.2 Å². The van der Waals surface area contributed by atoms with Crippen LogP contribution < -0.4 is 4.90 Å². The first kappa shape index (κ1) is 17.7. The summed E-state index contributed by atoms with van der Waals surface area (Å²) >= 11 is 0. The zero-order chi connectivity index (χ0) is 18.6. The quantitative estimate of drug-likeness (QED) is 0.653. The monoisotopic (exact) mass is 370 g/mol. The molecular formula is C23H32NO3+. The third kappa shape index (κ3) is 3.01. The first-order valence-corrected chi connectivity index (χ1v) is 10.7. The van der Waals surface area contributed by atoms with E-state index in [0.29, 0.717) is 11.8 Å². The van der Waals surface area contributed by atoms with Crippen LogP contribution in [0.3, 0.4) is 0 Å². The van der Waals surface area contributed by atoms with Crippen molar-refractivity contribution in [3.8, 4) is 0 Å². The number of nitrogens with one attached hydrogen (secondary N) is 1. The molecule has 0 radical (unpaired) electrons. The van der Waals surface area contributed by atoms with Crippen LogP contribution in [0.2, 0.25) is 0 Å². The first-order valence-electron chi connectivity index (χ1n) is 10.7. The summed E-state index contributed by atoms with van der Waals surface area (Å²) in [4.78, 5) is 14.1. The zero-order valence-corrected chi connectivity index (χ0v) is 16.6. The summed E-state index contributed by atoms with van der Waals surface area (Å²) in [6, 6.07) is 10.6. The molecule has 2 saturated carbocycles. The Morgan fingerprint density at radius 1 is 1.22 bits per heavy atom. The Kier molecular flexibility index (Phi) is 4.14. The minimum atomic E-state index is 0.0426. The molecular weight excluding hydrogens is 338 g/mol. The van der Waals surface area contributed by atoms with Gasteiger partial charge in [0.1, 0.15) is 18.6 Å². The Hall–Kier alpha value is -1.39. The Balaban J connectivity index is 1.31. The van der Waals surface area contributed by atoms with E-state index in [-0.39, 0.29) is 29.0 Å². The van der Waals surface area contributed by atoms with Crippen LogP contribution in [0.15, 0.2) is 30.3 Å². The van der Waals surface area contributed by atoms with Gasteiger partial charge in [0.2, 0.25) is 0 Å². The highest BCUT2D eigenvalue weighted by Gasteiger charge is 2.65. The maximum atomic E-state index is 12.7. The molecule has 4 heteroatoms. The fourth-order valence-electron chi connectivity index (χ4n) is 6.58. The van der Waals surface area contributed by atoms with Gasteiger partial charge in [0.05, 0.1) is 25.8 Å². The highest BCUT2D eigenvalue weighted by molar-refractivity contribution is 5.75. The van der Waals surface area contributed by atoms with E-state index < -0.39 is 0 Å². The van der Waals surface area contributed by atoms with E-state index in [1.807, 2.05) is 0 Å². The lowest BCUT2D eigenvalue weighted by atomic mass is 9.53. The molecule has 2 aliphatic heterocycles. The smallest absolute Gasteiger partial charge is 0.315 e. The highest BCUT2D eigenvalue weighted by atomic mass is 16.6. The first-order chi connectivity index (χ1) is 13.0. The number of esters is 1. The second-order valence-corrected chi connectivity index (χ2v) is 9.92. The molecule has 27 heavy (non-hydrogen) atoms. The summed E-state index contributed by atoms with van der Waals surface area (Å²) in [6.07, 6.45) is 5.99. The molecule has 1 unspecified atom stereocenters. The van der Waals surface area contributed by atoms with Crippen LogP contribution in [0.1, 0.15) is 44.6 Å². The van der Waals surface area contributed by atoms with Gasteiger partial charge >= 0.3 is 5.97 Å². The Morgan fingerprint density at radius 3 is 2.74 bits per heavy atom. The third-order valence-corrected chi connectivity index (χ3v) is 8.00. The maximum absolute atomic E-state index is 12.7. The predicted octanol–water partition coefficient (Wildman–Crippen LogP) is 2.23. The summed E-state index contributed by atoms with van der Waals surface area (Å²) in [5.41, 5.74) is 1.75. The number of carbonyl (C=O) groups is 1. The van der Waals surface area contributed by atoms with Crippen LogP contribution >= 0.6 is 0 Å². The molecule has 1 N–H and O–H groups in total. The van der Waals surface area contributed by atoms with E-state index >= 15 is 0 Å². The fraction of sp³-hybridized carbons (Fsp3) is 0.696. The van der Waals surface area contributed by atoms with Crippen LogP contribution in [-0.2, 0) is 20.8 Å². The molecule has 2 aliphatic carbocycles. The van der Waals surface area contributed by atoms with Gasteiger partial charge in [-0.25, -0.2) is 0 Å². The number of hydrogen-bond acceptors (Lipinski definition) is 3. The van der Waals surface area contributed by atoms with Crippen molar-refractivity contribution in [2.24, 2.45) is 23.2 Å². The van der Waals surface area contributed by atoms with Crippen molar-refractivity contribution in [2.45, 2.75) is 57.3 Å². The number of benzene rings is 1. The van der Waals surface area contributed by atoms with Crippen LogP contribution in [0, 0.1) is 23.2 Å². The van der Waals surface area contributed by atoms with Crippen molar-refractivity contribution in [1.29, 1.82) is 0 Å². The lowest BCUT2D eigenvalue weighted by molar-refractivity contribution is -0.896. The predicted molar refractivity (Wildman–Crippen MR) is 102 cm³/mol. The number of quaternary nitrogens is 1. The van der Waals surface area contributed by atoms with Crippen molar-refractivity contribution < 1.29 is 19.2 Å². The van der Waals surface area contributed by atoms with E-state index in [9.17, 15) is 4.79 Å². The number of carbonyl (C=O) groups excluding carboxylic acids is 1. The van der Waals surface area contributed by atoms with Gasteiger partial charge in [0.15, 0.2) is 0 Å². The van der Waals surface area contributed by atoms with E-state index in [1.165, 1.54) is 29.7 Å². The van der Waals surface area contributed by atoms with Crippen molar-refractivity contribution in [3.63, 3.8) is 0 Å². The second-order valence-electron chi connectivity index (χ2n) is 9.92. The molecule has 4 aliphatic rings. The van der Waals surface area contributed by atoms with Gasteiger partial charge in [-0.3, -0.25) is 4.79 Å². The molecule has 0 aromatic heterocycles. The van der Waals surface area contributed by atoms with Gasteiger partial charge in [-0.2, -0.15) is 0 Å². The molecule has 4 fully saturated rings. The number of epoxide rings is 1. The summed E-state index contributed by atoms with van der Waals surface area (Å²) in [7, 11) is 2.20. The molecule has 146 valence electrons. The molecule has 2 heterocycles. The van der Waals surface area contributed by atoms with Gasteiger partial charge < -0.3 is 14.4 Å². The number of rotatable bonds is 4. The van der Waals surface area contributed by atoms with Crippen LogP contribution in [0.25, 0.3) is 0 Å². The minimum Gasteiger partial charge on any atom is -0.462 e. The van der Waals surface area contributed by atoms with E-state index in [2.05, 4.69) is 44.3 Å². The average Bonchev–Trinajstić information content (AvgIpc) is 3.34. The van der Waals surface area contributed by atoms with Gasteiger partial charge in [-0.15, -0.1) is 0 Å². The van der Waals surface area contributed by atoms with E-state index in [1.54, 1.807) is 0 Å². The molecule has 1 aromatic rings. The Morgan fingerprint density at radius 2 is 2.00 bits per heavy atom. The van der Waals surface area contributed by atoms with Crippen LogP contribution in [0.4, 0.5) is 0 Å². The summed E-state index contributed by atoms with van der Waals surface area (Å²) in [6.45, 7) is 5.18.